The molecule has 0 bridgehead atoms. The molecule has 0 saturated heterocycles. The van der Waals surface area contributed by atoms with Crippen LogP contribution >= 0.6 is 11.6 Å². The lowest BCUT2D eigenvalue weighted by Gasteiger charge is -2.26. The van der Waals surface area contributed by atoms with Gasteiger partial charge in [-0.05, 0) is 32.0 Å². The molecule has 0 heterocycles. The Kier molecular flexibility index (Phi) is 5.11. The Labute approximate surface area is 115 Å². The van der Waals surface area contributed by atoms with Gasteiger partial charge in [0.15, 0.2) is 5.84 Å². The van der Waals surface area contributed by atoms with Crippen molar-refractivity contribution in [1.29, 1.82) is 0 Å². The van der Waals surface area contributed by atoms with Gasteiger partial charge in [0, 0.05) is 11.6 Å². The Balaban J connectivity index is 3.02. The van der Waals surface area contributed by atoms with Gasteiger partial charge in [-0.1, -0.05) is 16.8 Å². The summed E-state index contributed by atoms with van der Waals surface area (Å²) in [6.07, 6.45) is 0. The molecular formula is C12H15ClFN3O2. The van der Waals surface area contributed by atoms with Gasteiger partial charge in [0.2, 0.25) is 0 Å². The molecule has 0 aliphatic rings. The second-order valence-electron chi connectivity index (χ2n) is 4.25. The molecule has 7 heteroatoms. The number of oxime groups is 1. The van der Waals surface area contributed by atoms with E-state index in [1.807, 2.05) is 0 Å². The van der Waals surface area contributed by atoms with Crippen molar-refractivity contribution in [1.82, 2.24) is 4.90 Å². The van der Waals surface area contributed by atoms with Crippen LogP contribution in [0.2, 0.25) is 5.02 Å². The fourth-order valence-corrected chi connectivity index (χ4v) is 1.61. The van der Waals surface area contributed by atoms with E-state index in [-0.39, 0.29) is 29.0 Å². The topological polar surface area (TPSA) is 78.9 Å². The van der Waals surface area contributed by atoms with Crippen LogP contribution in [0.3, 0.4) is 0 Å². The van der Waals surface area contributed by atoms with Gasteiger partial charge in [0.25, 0.3) is 5.91 Å². The quantitative estimate of drug-likeness (QED) is 0.385. The Bertz CT molecular complexity index is 506. The number of carbonyl (C=O) groups is 1. The molecule has 1 rings (SSSR count). The van der Waals surface area contributed by atoms with Gasteiger partial charge in [-0.15, -0.1) is 0 Å². The molecule has 0 unspecified atom stereocenters. The minimum absolute atomic E-state index is 0.0444. The number of benzene rings is 1. The molecular weight excluding hydrogens is 273 g/mol. The first-order valence-corrected chi connectivity index (χ1v) is 5.97. The van der Waals surface area contributed by atoms with E-state index < -0.39 is 11.7 Å². The van der Waals surface area contributed by atoms with Gasteiger partial charge in [0.05, 0.1) is 11.6 Å². The summed E-state index contributed by atoms with van der Waals surface area (Å²) < 4.78 is 13.3. The van der Waals surface area contributed by atoms with Crippen LogP contribution in [0.4, 0.5) is 4.39 Å². The Morgan fingerprint density at radius 1 is 1.58 bits per heavy atom. The number of halogens is 2. The lowest BCUT2D eigenvalue weighted by atomic mass is 10.1. The molecule has 1 amide bonds. The maximum atomic E-state index is 13.3. The highest BCUT2D eigenvalue weighted by Crippen LogP contribution is 2.17. The zero-order valence-electron chi connectivity index (χ0n) is 10.6. The van der Waals surface area contributed by atoms with E-state index in [2.05, 4.69) is 5.16 Å². The summed E-state index contributed by atoms with van der Waals surface area (Å²) >= 11 is 5.56. The van der Waals surface area contributed by atoms with Crippen LogP contribution in [-0.4, -0.2) is 34.4 Å². The fourth-order valence-electron chi connectivity index (χ4n) is 1.49. The van der Waals surface area contributed by atoms with Gasteiger partial charge < -0.3 is 15.8 Å². The van der Waals surface area contributed by atoms with Crippen LogP contribution in [0.1, 0.15) is 24.2 Å². The van der Waals surface area contributed by atoms with Crippen molar-refractivity contribution in [3.63, 3.8) is 0 Å². The number of nitrogens with two attached hydrogens (primary N) is 1. The molecule has 1 aromatic carbocycles. The molecule has 19 heavy (non-hydrogen) atoms. The maximum Gasteiger partial charge on any atom is 0.254 e. The molecule has 104 valence electrons. The second-order valence-corrected chi connectivity index (χ2v) is 4.65. The summed E-state index contributed by atoms with van der Waals surface area (Å²) in [5.41, 5.74) is 5.55. The van der Waals surface area contributed by atoms with Gasteiger partial charge in [-0.3, -0.25) is 4.79 Å². The lowest BCUT2D eigenvalue weighted by Crippen LogP contribution is -2.42. The molecule has 0 fully saturated rings. The van der Waals surface area contributed by atoms with Crippen molar-refractivity contribution in [2.75, 3.05) is 6.54 Å². The summed E-state index contributed by atoms with van der Waals surface area (Å²) in [6.45, 7) is 3.50. The minimum atomic E-state index is -0.667. The number of carbonyl (C=O) groups excluding carboxylic acids is 1. The van der Waals surface area contributed by atoms with E-state index in [0.29, 0.717) is 0 Å². The van der Waals surface area contributed by atoms with Crippen molar-refractivity contribution < 1.29 is 14.4 Å². The summed E-state index contributed by atoms with van der Waals surface area (Å²) in [4.78, 5) is 13.6. The van der Waals surface area contributed by atoms with Gasteiger partial charge in [-0.25, -0.2) is 4.39 Å². The summed E-state index contributed by atoms with van der Waals surface area (Å²) in [7, 11) is 0. The first-order valence-electron chi connectivity index (χ1n) is 5.59. The Morgan fingerprint density at radius 2 is 2.21 bits per heavy atom. The number of amides is 1. The van der Waals surface area contributed by atoms with Crippen LogP contribution in [0.25, 0.3) is 0 Å². The molecule has 1 aromatic rings. The first-order chi connectivity index (χ1) is 8.86. The highest BCUT2D eigenvalue weighted by molar-refractivity contribution is 6.30. The smallest absolute Gasteiger partial charge is 0.254 e. The minimum Gasteiger partial charge on any atom is -0.409 e. The number of rotatable bonds is 4. The average Bonchev–Trinajstić information content (AvgIpc) is 2.37. The molecule has 5 nitrogen and oxygen atoms in total. The zero-order valence-corrected chi connectivity index (χ0v) is 11.4. The van der Waals surface area contributed by atoms with Crippen molar-refractivity contribution in [2.24, 2.45) is 10.9 Å². The van der Waals surface area contributed by atoms with Gasteiger partial charge >= 0.3 is 0 Å². The largest absolute Gasteiger partial charge is 0.409 e. The zero-order chi connectivity index (χ0) is 14.6. The SMILES string of the molecule is CC(C)N(C/C(N)=N/O)C(=O)c1ccc(Cl)c(F)c1. The number of hydrogen-bond acceptors (Lipinski definition) is 3. The number of hydrogen-bond donors (Lipinski definition) is 2. The molecule has 0 atom stereocenters. The van der Waals surface area contributed by atoms with Crippen LogP contribution in [-0.2, 0) is 0 Å². The van der Waals surface area contributed by atoms with E-state index in [1.54, 1.807) is 13.8 Å². The highest BCUT2D eigenvalue weighted by atomic mass is 35.5. The van der Waals surface area contributed by atoms with E-state index in [1.165, 1.54) is 17.0 Å². The molecule has 0 aromatic heterocycles. The Morgan fingerprint density at radius 3 is 2.68 bits per heavy atom. The molecule has 0 aliphatic heterocycles. The lowest BCUT2D eigenvalue weighted by molar-refractivity contribution is 0.0733. The highest BCUT2D eigenvalue weighted by Gasteiger charge is 2.20. The van der Waals surface area contributed by atoms with Crippen LogP contribution in [0, 0.1) is 5.82 Å². The number of nitrogens with zero attached hydrogens (tertiary/aromatic N) is 2. The normalized spacial score (nSPS) is 11.7. The molecule has 0 aliphatic carbocycles. The van der Waals surface area contributed by atoms with E-state index >= 15 is 0 Å². The van der Waals surface area contributed by atoms with Crippen molar-refractivity contribution >= 4 is 23.3 Å². The second kappa shape index (κ2) is 6.38. The van der Waals surface area contributed by atoms with Crippen LogP contribution in [0.15, 0.2) is 23.4 Å². The van der Waals surface area contributed by atoms with Crippen molar-refractivity contribution in [3.8, 4) is 0 Å². The summed E-state index contributed by atoms with van der Waals surface area (Å²) in [5, 5.41) is 11.3. The maximum absolute atomic E-state index is 13.3. The monoisotopic (exact) mass is 287 g/mol. The molecule has 3 N–H and O–H groups in total. The average molecular weight is 288 g/mol. The predicted molar refractivity (Wildman–Crippen MR) is 71.0 cm³/mol. The Hall–Kier alpha value is -1.82. The summed E-state index contributed by atoms with van der Waals surface area (Å²) in [5.74, 6) is -1.19. The van der Waals surface area contributed by atoms with E-state index in [0.717, 1.165) is 6.07 Å². The molecule has 0 radical (unpaired) electrons. The van der Waals surface area contributed by atoms with Crippen LogP contribution in [0.5, 0.6) is 0 Å². The fraction of sp³-hybridized carbons (Fsp3) is 0.333. The van der Waals surface area contributed by atoms with Crippen LogP contribution < -0.4 is 5.73 Å². The standard InChI is InChI=1S/C12H15ClFN3O2/c1-7(2)17(6-11(15)16-19)12(18)8-3-4-9(13)10(14)5-8/h3-5,7,19H,6H2,1-2H3,(H2,15,16). The van der Waals surface area contributed by atoms with E-state index in [9.17, 15) is 9.18 Å². The summed E-state index contributed by atoms with van der Waals surface area (Å²) in [6, 6.07) is 3.61. The molecule has 0 saturated carbocycles. The molecule has 0 spiro atoms. The van der Waals surface area contributed by atoms with Crippen molar-refractivity contribution in [3.05, 3.63) is 34.6 Å². The predicted octanol–water partition coefficient (Wildman–Crippen LogP) is 2.08. The van der Waals surface area contributed by atoms with Gasteiger partial charge in [-0.2, -0.15) is 0 Å². The first kappa shape index (κ1) is 15.2. The number of amidine groups is 1. The van der Waals surface area contributed by atoms with Gasteiger partial charge in [0.1, 0.15) is 5.82 Å². The third-order valence-electron chi connectivity index (χ3n) is 2.51. The van der Waals surface area contributed by atoms with Crippen molar-refractivity contribution in [2.45, 2.75) is 19.9 Å². The third-order valence-corrected chi connectivity index (χ3v) is 2.82. The third kappa shape index (κ3) is 3.82. The van der Waals surface area contributed by atoms with E-state index in [4.69, 9.17) is 22.5 Å².